The van der Waals surface area contributed by atoms with E-state index in [1.165, 1.54) is 18.3 Å². The monoisotopic (exact) mass is 268 g/mol. The quantitative estimate of drug-likeness (QED) is 0.903. The van der Waals surface area contributed by atoms with Gasteiger partial charge in [0, 0.05) is 12.6 Å². The molecule has 0 spiro atoms. The van der Waals surface area contributed by atoms with E-state index in [9.17, 15) is 21.6 Å². The summed E-state index contributed by atoms with van der Waals surface area (Å²) >= 11 is 0. The Labute approximate surface area is 96.6 Å². The summed E-state index contributed by atoms with van der Waals surface area (Å²) in [6.45, 7) is 0. The van der Waals surface area contributed by atoms with Crippen LogP contribution in [0.4, 0.5) is 18.9 Å². The van der Waals surface area contributed by atoms with Crippen molar-refractivity contribution in [2.75, 3.05) is 11.5 Å². The number of nitrogens with zero attached hydrogens (tertiary/aromatic N) is 1. The number of nitrogen functional groups attached to an aromatic ring is 1. The van der Waals surface area contributed by atoms with Crippen molar-refractivity contribution in [1.29, 1.82) is 0 Å². The van der Waals surface area contributed by atoms with Crippen LogP contribution in [0.15, 0.2) is 23.4 Å². The van der Waals surface area contributed by atoms with E-state index in [1.54, 1.807) is 0 Å². The van der Waals surface area contributed by atoms with Crippen LogP contribution in [0.2, 0.25) is 0 Å². The second kappa shape index (κ2) is 4.91. The third kappa shape index (κ3) is 4.22. The molecule has 1 heterocycles. The molecule has 0 aliphatic carbocycles. The van der Waals surface area contributed by atoms with Crippen LogP contribution in [0.1, 0.15) is 12.8 Å². The van der Waals surface area contributed by atoms with E-state index in [0.717, 1.165) is 0 Å². The van der Waals surface area contributed by atoms with Gasteiger partial charge < -0.3 is 5.73 Å². The Morgan fingerprint density at radius 3 is 2.53 bits per heavy atom. The molecular formula is C9H11F3N2O2S. The van der Waals surface area contributed by atoms with Gasteiger partial charge >= 0.3 is 6.18 Å². The van der Waals surface area contributed by atoms with Crippen molar-refractivity contribution in [2.45, 2.75) is 24.0 Å². The standard InChI is InChI=1S/C9H11F3N2O2S/c10-9(11,12)4-2-6-17(15,16)8-7(13)3-1-5-14-8/h1,3,5H,2,4,6,13H2. The number of anilines is 1. The summed E-state index contributed by atoms with van der Waals surface area (Å²) in [7, 11) is -3.85. The maximum absolute atomic E-state index is 11.9. The summed E-state index contributed by atoms with van der Waals surface area (Å²) in [6, 6.07) is 2.79. The average molecular weight is 268 g/mol. The van der Waals surface area contributed by atoms with E-state index in [1.807, 2.05) is 0 Å². The third-order valence-corrected chi connectivity index (χ3v) is 3.72. The van der Waals surface area contributed by atoms with Gasteiger partial charge in [-0.15, -0.1) is 0 Å². The maximum atomic E-state index is 11.9. The van der Waals surface area contributed by atoms with Gasteiger partial charge in [0.1, 0.15) is 0 Å². The third-order valence-electron chi connectivity index (χ3n) is 1.97. The van der Waals surface area contributed by atoms with Crippen molar-refractivity contribution in [3.63, 3.8) is 0 Å². The highest BCUT2D eigenvalue weighted by atomic mass is 32.2. The average Bonchev–Trinajstić information content (AvgIpc) is 2.15. The lowest BCUT2D eigenvalue weighted by Crippen LogP contribution is -2.14. The summed E-state index contributed by atoms with van der Waals surface area (Å²) in [4.78, 5) is 3.57. The van der Waals surface area contributed by atoms with Gasteiger partial charge in [-0.1, -0.05) is 0 Å². The molecule has 1 aromatic heterocycles. The van der Waals surface area contributed by atoms with Crippen molar-refractivity contribution in [2.24, 2.45) is 0 Å². The topological polar surface area (TPSA) is 73.0 Å². The molecule has 0 fully saturated rings. The largest absolute Gasteiger partial charge is 0.396 e. The summed E-state index contributed by atoms with van der Waals surface area (Å²) in [6.07, 6.45) is -4.76. The number of nitrogens with two attached hydrogens (primary N) is 1. The summed E-state index contributed by atoms with van der Waals surface area (Å²) in [5, 5.41) is -0.359. The molecule has 4 nitrogen and oxygen atoms in total. The van der Waals surface area contributed by atoms with Gasteiger partial charge in [-0.3, -0.25) is 0 Å². The van der Waals surface area contributed by atoms with Gasteiger partial charge in [-0.05, 0) is 18.6 Å². The van der Waals surface area contributed by atoms with E-state index in [4.69, 9.17) is 5.73 Å². The SMILES string of the molecule is Nc1cccnc1S(=O)(=O)CCCC(F)(F)F. The lowest BCUT2D eigenvalue weighted by atomic mass is 10.3. The number of sulfone groups is 1. The number of halogens is 3. The molecule has 0 bridgehead atoms. The Bertz CT molecular complexity index is 485. The van der Waals surface area contributed by atoms with Crippen molar-refractivity contribution in [3.05, 3.63) is 18.3 Å². The first-order chi connectivity index (χ1) is 7.72. The molecule has 0 aliphatic heterocycles. The maximum Gasteiger partial charge on any atom is 0.389 e. The van der Waals surface area contributed by atoms with Gasteiger partial charge in [0.15, 0.2) is 14.9 Å². The van der Waals surface area contributed by atoms with Crippen LogP contribution in [0.25, 0.3) is 0 Å². The molecule has 0 saturated carbocycles. The number of rotatable bonds is 4. The molecule has 2 N–H and O–H groups in total. The number of hydrogen-bond acceptors (Lipinski definition) is 4. The molecule has 0 unspecified atom stereocenters. The molecule has 0 radical (unpaired) electrons. The van der Waals surface area contributed by atoms with E-state index >= 15 is 0 Å². The second-order valence-electron chi connectivity index (χ2n) is 3.44. The molecule has 1 rings (SSSR count). The Hall–Kier alpha value is -1.31. The summed E-state index contributed by atoms with van der Waals surface area (Å²) < 4.78 is 58.9. The van der Waals surface area contributed by atoms with Gasteiger partial charge in [0.05, 0.1) is 11.4 Å². The molecule has 0 aromatic carbocycles. The Balaban J connectivity index is 2.74. The van der Waals surface area contributed by atoms with Crippen molar-refractivity contribution < 1.29 is 21.6 Å². The molecule has 0 aliphatic rings. The van der Waals surface area contributed by atoms with Gasteiger partial charge in [-0.25, -0.2) is 13.4 Å². The van der Waals surface area contributed by atoms with Crippen LogP contribution in [-0.2, 0) is 9.84 Å². The van der Waals surface area contributed by atoms with E-state index in [-0.39, 0.29) is 10.7 Å². The summed E-state index contributed by atoms with van der Waals surface area (Å²) in [5.74, 6) is -0.617. The van der Waals surface area contributed by atoms with Crippen LogP contribution < -0.4 is 5.73 Å². The Kier molecular flexibility index (Phi) is 3.97. The highest BCUT2D eigenvalue weighted by Crippen LogP contribution is 2.23. The molecule has 0 saturated heterocycles. The molecule has 1 aromatic rings. The van der Waals surface area contributed by atoms with Crippen LogP contribution in [0, 0.1) is 0 Å². The molecule has 8 heteroatoms. The van der Waals surface area contributed by atoms with Crippen LogP contribution in [0.3, 0.4) is 0 Å². The minimum Gasteiger partial charge on any atom is -0.396 e. The van der Waals surface area contributed by atoms with Crippen LogP contribution >= 0.6 is 0 Å². The predicted molar refractivity (Wildman–Crippen MR) is 56.0 cm³/mol. The summed E-state index contributed by atoms with van der Waals surface area (Å²) in [5.41, 5.74) is 5.34. The normalized spacial score (nSPS) is 12.6. The number of pyridine rings is 1. The highest BCUT2D eigenvalue weighted by molar-refractivity contribution is 7.91. The zero-order valence-electron chi connectivity index (χ0n) is 8.74. The van der Waals surface area contributed by atoms with E-state index in [2.05, 4.69) is 4.98 Å². The van der Waals surface area contributed by atoms with Crippen LogP contribution in [-0.4, -0.2) is 25.3 Å². The number of alkyl halides is 3. The lowest BCUT2D eigenvalue weighted by Gasteiger charge is -2.07. The highest BCUT2D eigenvalue weighted by Gasteiger charge is 2.28. The molecule has 17 heavy (non-hydrogen) atoms. The zero-order chi connectivity index (χ0) is 13.1. The van der Waals surface area contributed by atoms with E-state index < -0.39 is 34.6 Å². The fraction of sp³-hybridized carbons (Fsp3) is 0.444. The fourth-order valence-electron chi connectivity index (χ4n) is 1.22. The Morgan fingerprint density at radius 1 is 1.35 bits per heavy atom. The fourth-order valence-corrected chi connectivity index (χ4v) is 2.59. The van der Waals surface area contributed by atoms with Crippen LogP contribution in [0.5, 0.6) is 0 Å². The van der Waals surface area contributed by atoms with Crippen molar-refractivity contribution in [3.8, 4) is 0 Å². The smallest absolute Gasteiger partial charge is 0.389 e. The Morgan fingerprint density at radius 2 is 2.00 bits per heavy atom. The van der Waals surface area contributed by atoms with Gasteiger partial charge in [0.25, 0.3) is 0 Å². The van der Waals surface area contributed by atoms with Gasteiger partial charge in [-0.2, -0.15) is 13.2 Å². The second-order valence-corrected chi connectivity index (χ2v) is 5.46. The van der Waals surface area contributed by atoms with Crippen molar-refractivity contribution >= 4 is 15.5 Å². The van der Waals surface area contributed by atoms with E-state index in [0.29, 0.717) is 0 Å². The van der Waals surface area contributed by atoms with Gasteiger partial charge in [0.2, 0.25) is 0 Å². The first kappa shape index (κ1) is 13.8. The molecule has 0 amide bonds. The first-order valence-electron chi connectivity index (χ1n) is 4.72. The molecular weight excluding hydrogens is 257 g/mol. The number of hydrogen-bond donors (Lipinski definition) is 1. The first-order valence-corrected chi connectivity index (χ1v) is 6.37. The predicted octanol–water partition coefficient (Wildman–Crippen LogP) is 1.78. The minimum atomic E-state index is -4.36. The lowest BCUT2D eigenvalue weighted by molar-refractivity contribution is -0.134. The molecule has 96 valence electrons. The molecule has 0 atom stereocenters. The van der Waals surface area contributed by atoms with Crippen molar-refractivity contribution in [1.82, 2.24) is 4.98 Å². The minimum absolute atomic E-state index is 0.0560. The number of aromatic nitrogens is 1. The zero-order valence-corrected chi connectivity index (χ0v) is 9.55.